The van der Waals surface area contributed by atoms with Crippen LogP contribution in [0.4, 0.5) is 16.2 Å². The minimum atomic E-state index is -0.496. The van der Waals surface area contributed by atoms with Crippen molar-refractivity contribution in [1.29, 1.82) is 0 Å². The highest BCUT2D eigenvalue weighted by Crippen LogP contribution is 2.30. The number of primary amides is 1. The monoisotopic (exact) mass is 422 g/mol. The lowest BCUT2D eigenvalue weighted by molar-refractivity contribution is 0.1000. The van der Waals surface area contributed by atoms with Crippen LogP contribution in [0.1, 0.15) is 35.2 Å². The van der Waals surface area contributed by atoms with Gasteiger partial charge in [-0.2, -0.15) is 0 Å². The molecule has 8 heteroatoms. The number of urea groups is 1. The van der Waals surface area contributed by atoms with Crippen molar-refractivity contribution in [3.8, 4) is 0 Å². The van der Waals surface area contributed by atoms with E-state index in [1.807, 2.05) is 23.2 Å². The van der Waals surface area contributed by atoms with Crippen molar-refractivity contribution in [1.82, 2.24) is 14.8 Å². The van der Waals surface area contributed by atoms with E-state index in [0.717, 1.165) is 51.3 Å². The first-order chi connectivity index (χ1) is 15.1. The van der Waals surface area contributed by atoms with E-state index in [-0.39, 0.29) is 6.03 Å². The van der Waals surface area contributed by atoms with Crippen LogP contribution >= 0.6 is 0 Å². The van der Waals surface area contributed by atoms with Crippen molar-refractivity contribution >= 4 is 23.3 Å². The molecule has 1 aromatic heterocycles. The third-order valence-corrected chi connectivity index (χ3v) is 6.01. The fraction of sp³-hybridized carbons (Fsp3) is 0.435. The number of benzene rings is 1. The number of hydrogen-bond donors (Lipinski definition) is 2. The summed E-state index contributed by atoms with van der Waals surface area (Å²) in [7, 11) is 0. The quantitative estimate of drug-likeness (QED) is 0.772. The number of carbonyl (C=O) groups is 2. The average Bonchev–Trinajstić information content (AvgIpc) is 2.80. The highest BCUT2D eigenvalue weighted by molar-refractivity contribution is 5.99. The Labute approximate surface area is 183 Å². The number of anilines is 2. The minimum Gasteiger partial charge on any atom is -0.370 e. The number of nitrogens with two attached hydrogens (primary N) is 1. The maximum Gasteiger partial charge on any atom is 0.321 e. The zero-order valence-electron chi connectivity index (χ0n) is 17.8. The van der Waals surface area contributed by atoms with E-state index in [1.165, 1.54) is 12.0 Å². The number of piperazine rings is 1. The van der Waals surface area contributed by atoms with Crippen LogP contribution in [0.15, 0.2) is 42.7 Å². The Balaban J connectivity index is 1.40. The van der Waals surface area contributed by atoms with E-state index in [2.05, 4.69) is 26.2 Å². The van der Waals surface area contributed by atoms with Gasteiger partial charge in [-0.05, 0) is 49.1 Å². The van der Waals surface area contributed by atoms with Gasteiger partial charge >= 0.3 is 6.03 Å². The van der Waals surface area contributed by atoms with Crippen molar-refractivity contribution in [3.05, 3.63) is 53.9 Å². The van der Waals surface area contributed by atoms with Gasteiger partial charge < -0.3 is 20.9 Å². The van der Waals surface area contributed by atoms with Gasteiger partial charge in [-0.25, -0.2) is 4.79 Å². The molecule has 3 N–H and O–H groups in total. The lowest BCUT2D eigenvalue weighted by Gasteiger charge is -2.35. The van der Waals surface area contributed by atoms with Crippen LogP contribution < -0.4 is 16.0 Å². The molecule has 31 heavy (non-hydrogen) atoms. The van der Waals surface area contributed by atoms with Crippen LogP contribution in [0.2, 0.25) is 0 Å². The number of amides is 3. The fourth-order valence-electron chi connectivity index (χ4n) is 4.25. The van der Waals surface area contributed by atoms with Gasteiger partial charge in [-0.15, -0.1) is 0 Å². The highest BCUT2D eigenvalue weighted by Gasteiger charge is 2.23. The Morgan fingerprint density at radius 1 is 1.00 bits per heavy atom. The Bertz CT molecular complexity index is 906. The summed E-state index contributed by atoms with van der Waals surface area (Å²) < 4.78 is 0. The van der Waals surface area contributed by atoms with E-state index < -0.39 is 5.91 Å². The molecule has 0 aliphatic carbocycles. The summed E-state index contributed by atoms with van der Waals surface area (Å²) >= 11 is 0. The summed E-state index contributed by atoms with van der Waals surface area (Å²) in [4.78, 5) is 35.3. The second-order valence-corrected chi connectivity index (χ2v) is 8.20. The Hall–Kier alpha value is -3.13. The lowest BCUT2D eigenvalue weighted by atomic mass is 10.1. The van der Waals surface area contributed by atoms with E-state index in [9.17, 15) is 9.59 Å². The largest absolute Gasteiger partial charge is 0.370 e. The molecule has 4 rings (SSSR count). The van der Waals surface area contributed by atoms with Gasteiger partial charge in [0.1, 0.15) is 0 Å². The lowest BCUT2D eigenvalue weighted by Crippen LogP contribution is -2.49. The SMILES string of the molecule is NC(=O)c1ccc(N2CCCCC2)c(NC(=O)N2CCN(Cc3cccnc3)CC2)c1. The van der Waals surface area contributed by atoms with Gasteiger partial charge in [0, 0.05) is 63.8 Å². The fourth-order valence-corrected chi connectivity index (χ4v) is 4.25. The van der Waals surface area contributed by atoms with Crippen LogP contribution in [0.25, 0.3) is 0 Å². The molecule has 2 aromatic rings. The maximum absolute atomic E-state index is 13.0. The number of carbonyl (C=O) groups excluding carboxylic acids is 2. The van der Waals surface area contributed by atoms with Crippen molar-refractivity contribution in [2.75, 3.05) is 49.5 Å². The van der Waals surface area contributed by atoms with E-state index in [1.54, 1.807) is 18.3 Å². The van der Waals surface area contributed by atoms with Crippen LogP contribution in [0, 0.1) is 0 Å². The van der Waals surface area contributed by atoms with Crippen molar-refractivity contribution in [2.24, 2.45) is 5.73 Å². The van der Waals surface area contributed by atoms with Crippen molar-refractivity contribution in [3.63, 3.8) is 0 Å². The van der Waals surface area contributed by atoms with E-state index >= 15 is 0 Å². The van der Waals surface area contributed by atoms with Gasteiger partial charge in [-0.1, -0.05) is 6.07 Å². The van der Waals surface area contributed by atoms with Crippen LogP contribution in [-0.2, 0) is 6.54 Å². The topological polar surface area (TPSA) is 94.8 Å². The summed E-state index contributed by atoms with van der Waals surface area (Å²) in [5.41, 5.74) is 8.66. The summed E-state index contributed by atoms with van der Waals surface area (Å²) in [5.74, 6) is -0.496. The number of pyridine rings is 1. The van der Waals surface area contributed by atoms with Gasteiger partial charge in [0.25, 0.3) is 0 Å². The Morgan fingerprint density at radius 2 is 1.77 bits per heavy atom. The number of piperidine rings is 1. The van der Waals surface area contributed by atoms with Gasteiger partial charge in [0.15, 0.2) is 0 Å². The molecule has 0 saturated carbocycles. The molecule has 3 heterocycles. The number of rotatable bonds is 5. The standard InChI is InChI=1S/C23H30N6O2/c24-22(30)19-6-7-21(28-9-2-1-3-10-28)20(15-19)26-23(31)29-13-11-27(12-14-29)17-18-5-4-8-25-16-18/h4-8,15-16H,1-3,9-14,17H2,(H2,24,30)(H,26,31). The van der Waals surface area contributed by atoms with Gasteiger partial charge in [-0.3, -0.25) is 14.7 Å². The molecule has 2 aliphatic rings. The predicted molar refractivity (Wildman–Crippen MR) is 121 cm³/mol. The summed E-state index contributed by atoms with van der Waals surface area (Å²) in [6, 6.07) is 9.20. The second kappa shape index (κ2) is 9.78. The maximum atomic E-state index is 13.0. The van der Waals surface area contributed by atoms with Gasteiger partial charge in [0.05, 0.1) is 11.4 Å². The third kappa shape index (κ3) is 5.32. The average molecular weight is 423 g/mol. The van der Waals surface area contributed by atoms with Crippen molar-refractivity contribution in [2.45, 2.75) is 25.8 Å². The molecule has 0 bridgehead atoms. The van der Waals surface area contributed by atoms with E-state index in [4.69, 9.17) is 5.73 Å². The zero-order valence-corrected chi connectivity index (χ0v) is 17.8. The summed E-state index contributed by atoms with van der Waals surface area (Å²) in [6.45, 7) is 5.66. The molecule has 0 spiro atoms. The molecule has 1 aromatic carbocycles. The highest BCUT2D eigenvalue weighted by atomic mass is 16.2. The molecule has 164 valence electrons. The van der Waals surface area contributed by atoms with Gasteiger partial charge in [0.2, 0.25) is 5.91 Å². The normalized spacial score (nSPS) is 17.4. The minimum absolute atomic E-state index is 0.138. The first-order valence-corrected chi connectivity index (χ1v) is 11.0. The van der Waals surface area contributed by atoms with Crippen LogP contribution in [0.5, 0.6) is 0 Å². The van der Waals surface area contributed by atoms with Crippen LogP contribution in [0.3, 0.4) is 0 Å². The van der Waals surface area contributed by atoms with Crippen molar-refractivity contribution < 1.29 is 9.59 Å². The predicted octanol–water partition coefficient (Wildman–Crippen LogP) is 2.52. The third-order valence-electron chi connectivity index (χ3n) is 6.01. The Morgan fingerprint density at radius 3 is 2.45 bits per heavy atom. The van der Waals surface area contributed by atoms with E-state index in [0.29, 0.717) is 24.3 Å². The first-order valence-electron chi connectivity index (χ1n) is 11.0. The molecule has 3 amide bonds. The number of nitrogens with one attached hydrogen (secondary N) is 1. The molecule has 2 saturated heterocycles. The molecular weight excluding hydrogens is 392 g/mol. The number of nitrogens with zero attached hydrogens (tertiary/aromatic N) is 4. The first kappa shape index (κ1) is 21.1. The zero-order chi connectivity index (χ0) is 21.6. The molecule has 0 radical (unpaired) electrons. The van der Waals surface area contributed by atoms with Crippen LogP contribution in [-0.4, -0.2) is 66.0 Å². The summed E-state index contributed by atoms with van der Waals surface area (Å²) in [6.07, 6.45) is 7.14. The Kier molecular flexibility index (Phi) is 6.66. The number of aromatic nitrogens is 1. The molecule has 8 nitrogen and oxygen atoms in total. The number of hydrogen-bond acceptors (Lipinski definition) is 5. The molecule has 2 aliphatic heterocycles. The molecular formula is C23H30N6O2. The molecule has 0 atom stereocenters. The second-order valence-electron chi connectivity index (χ2n) is 8.20. The smallest absolute Gasteiger partial charge is 0.321 e. The summed E-state index contributed by atoms with van der Waals surface area (Å²) in [5, 5.41) is 3.05. The molecule has 0 unspecified atom stereocenters. The molecule has 2 fully saturated rings.